The van der Waals surface area contributed by atoms with Crippen molar-refractivity contribution in [2.75, 3.05) is 40.3 Å². The second-order valence-corrected chi connectivity index (χ2v) is 6.90. The first-order valence-corrected chi connectivity index (χ1v) is 8.96. The number of rotatable bonds is 4. The van der Waals surface area contributed by atoms with Gasteiger partial charge in [0, 0.05) is 32.6 Å². The summed E-state index contributed by atoms with van der Waals surface area (Å²) < 4.78 is 5.35. The van der Waals surface area contributed by atoms with Gasteiger partial charge in [0.1, 0.15) is 11.3 Å². The summed E-state index contributed by atoms with van der Waals surface area (Å²) in [5.41, 5.74) is 0.621. The predicted octanol–water partition coefficient (Wildman–Crippen LogP) is 1.05. The van der Waals surface area contributed by atoms with E-state index in [2.05, 4.69) is 10.2 Å². The first-order valence-electron chi connectivity index (χ1n) is 8.96. The smallest absolute Gasteiger partial charge is 0.240 e. The number of aryl methyl sites for hydroxylation is 1. The number of likely N-dealkylation sites (N-methyl/N-ethyl adjacent to an activating group) is 1. The van der Waals surface area contributed by atoms with E-state index in [0.717, 1.165) is 17.9 Å². The molecule has 2 fully saturated rings. The number of benzene rings is 1. The number of para-hydroxylation sites is 1. The molecule has 2 aliphatic heterocycles. The van der Waals surface area contributed by atoms with Gasteiger partial charge in [-0.15, -0.1) is 0 Å². The molecule has 0 aromatic heterocycles. The molecule has 0 aliphatic carbocycles. The molecular formula is C19H27N3O3. The molecule has 0 radical (unpaired) electrons. The molecule has 1 spiro atoms. The first-order chi connectivity index (χ1) is 12.1. The number of nitrogens with zero attached hydrogens (tertiary/aromatic N) is 2. The zero-order chi connectivity index (χ0) is 17.9. The Morgan fingerprint density at radius 1 is 1.24 bits per heavy atom. The van der Waals surface area contributed by atoms with Crippen molar-refractivity contribution in [3.8, 4) is 5.75 Å². The number of likely N-dealkylation sites (tertiary alicyclic amines) is 1. The molecule has 1 aromatic rings. The van der Waals surface area contributed by atoms with Crippen LogP contribution in [0.15, 0.2) is 24.3 Å². The van der Waals surface area contributed by atoms with Gasteiger partial charge in [-0.1, -0.05) is 18.2 Å². The highest BCUT2D eigenvalue weighted by molar-refractivity contribution is 5.87. The number of ether oxygens (including phenoxy) is 1. The maximum Gasteiger partial charge on any atom is 0.240 e. The third-order valence-electron chi connectivity index (χ3n) is 5.63. The lowest BCUT2D eigenvalue weighted by Gasteiger charge is -2.48. The summed E-state index contributed by atoms with van der Waals surface area (Å²) in [6, 6.07) is 7.81. The van der Waals surface area contributed by atoms with Crippen molar-refractivity contribution in [2.24, 2.45) is 0 Å². The monoisotopic (exact) mass is 345 g/mol. The molecule has 136 valence electrons. The van der Waals surface area contributed by atoms with Crippen LogP contribution in [0.4, 0.5) is 0 Å². The Morgan fingerprint density at radius 2 is 1.96 bits per heavy atom. The lowest BCUT2D eigenvalue weighted by Crippen LogP contribution is -2.67. The third-order valence-corrected chi connectivity index (χ3v) is 5.63. The first kappa shape index (κ1) is 17.7. The highest BCUT2D eigenvalue weighted by Crippen LogP contribution is 2.30. The average Bonchev–Trinajstić information content (AvgIpc) is 2.65. The molecular weight excluding hydrogens is 318 g/mol. The van der Waals surface area contributed by atoms with Gasteiger partial charge in [0.2, 0.25) is 11.8 Å². The molecule has 3 rings (SSSR count). The molecule has 0 bridgehead atoms. The molecule has 2 amide bonds. The van der Waals surface area contributed by atoms with Crippen LogP contribution in [0.5, 0.6) is 5.75 Å². The molecule has 25 heavy (non-hydrogen) atoms. The molecule has 0 unspecified atom stereocenters. The van der Waals surface area contributed by atoms with Crippen molar-refractivity contribution in [3.63, 3.8) is 0 Å². The fourth-order valence-corrected chi connectivity index (χ4v) is 3.93. The summed E-state index contributed by atoms with van der Waals surface area (Å²) in [6.07, 6.45) is 2.55. The van der Waals surface area contributed by atoms with E-state index in [4.69, 9.17) is 4.74 Å². The fourth-order valence-electron chi connectivity index (χ4n) is 3.93. The van der Waals surface area contributed by atoms with E-state index in [-0.39, 0.29) is 11.8 Å². The Bertz CT molecular complexity index is 639. The van der Waals surface area contributed by atoms with E-state index in [0.29, 0.717) is 45.3 Å². The number of carbonyl (C=O) groups is 2. The fraction of sp³-hybridized carbons (Fsp3) is 0.579. The Labute approximate surface area is 149 Å². The lowest BCUT2D eigenvalue weighted by atomic mass is 9.83. The Kier molecular flexibility index (Phi) is 5.27. The maximum atomic E-state index is 12.6. The van der Waals surface area contributed by atoms with Gasteiger partial charge in [-0.2, -0.15) is 0 Å². The van der Waals surface area contributed by atoms with Crippen LogP contribution in [0.25, 0.3) is 0 Å². The number of piperazine rings is 1. The SMILES string of the molecule is COc1ccccc1CCC(=O)N1CCC2(CC1)C(=O)NCCN2C. The zero-order valence-corrected chi connectivity index (χ0v) is 15.1. The molecule has 1 N–H and O–H groups in total. The van der Waals surface area contributed by atoms with Crippen molar-refractivity contribution in [2.45, 2.75) is 31.2 Å². The third kappa shape index (κ3) is 3.49. The van der Waals surface area contributed by atoms with E-state index in [1.165, 1.54) is 0 Å². The molecule has 2 aliphatic rings. The minimum atomic E-state index is -0.433. The van der Waals surface area contributed by atoms with Crippen LogP contribution in [0.2, 0.25) is 0 Å². The minimum Gasteiger partial charge on any atom is -0.496 e. The number of amides is 2. The second-order valence-electron chi connectivity index (χ2n) is 6.90. The summed E-state index contributed by atoms with van der Waals surface area (Å²) in [7, 11) is 3.66. The zero-order valence-electron chi connectivity index (χ0n) is 15.1. The minimum absolute atomic E-state index is 0.113. The number of carbonyl (C=O) groups excluding carboxylic acids is 2. The summed E-state index contributed by atoms with van der Waals surface area (Å²) in [4.78, 5) is 29.0. The summed E-state index contributed by atoms with van der Waals surface area (Å²) in [5, 5.41) is 2.98. The Hall–Kier alpha value is -2.08. The molecule has 0 saturated carbocycles. The molecule has 6 nitrogen and oxygen atoms in total. The van der Waals surface area contributed by atoms with Crippen molar-refractivity contribution in [1.29, 1.82) is 0 Å². The predicted molar refractivity (Wildman–Crippen MR) is 95.5 cm³/mol. The van der Waals surface area contributed by atoms with Gasteiger partial charge in [0.25, 0.3) is 0 Å². The highest BCUT2D eigenvalue weighted by atomic mass is 16.5. The lowest BCUT2D eigenvalue weighted by molar-refractivity contribution is -0.145. The van der Waals surface area contributed by atoms with E-state index < -0.39 is 5.54 Å². The molecule has 1 aromatic carbocycles. The highest BCUT2D eigenvalue weighted by Gasteiger charge is 2.46. The largest absolute Gasteiger partial charge is 0.496 e. The van der Waals surface area contributed by atoms with Crippen molar-refractivity contribution >= 4 is 11.8 Å². The van der Waals surface area contributed by atoms with Crippen LogP contribution in [0, 0.1) is 0 Å². The topological polar surface area (TPSA) is 61.9 Å². The van der Waals surface area contributed by atoms with Crippen LogP contribution in [0.3, 0.4) is 0 Å². The quantitative estimate of drug-likeness (QED) is 0.886. The van der Waals surface area contributed by atoms with Gasteiger partial charge < -0.3 is 15.0 Å². The standard InChI is InChI=1S/C19H27N3O3/c1-21-14-11-20-18(24)19(21)9-12-22(13-10-19)17(23)8-7-15-5-3-4-6-16(15)25-2/h3-6H,7-14H2,1-2H3,(H,20,24). The van der Waals surface area contributed by atoms with E-state index in [1.807, 2.05) is 36.2 Å². The molecule has 2 saturated heterocycles. The normalized spacial score (nSPS) is 20.4. The van der Waals surface area contributed by atoms with Gasteiger partial charge in [-0.05, 0) is 37.9 Å². The van der Waals surface area contributed by atoms with Crippen molar-refractivity contribution < 1.29 is 14.3 Å². The van der Waals surface area contributed by atoms with Gasteiger partial charge in [0.15, 0.2) is 0 Å². The van der Waals surface area contributed by atoms with Crippen LogP contribution in [-0.4, -0.2) is 67.5 Å². The number of nitrogens with one attached hydrogen (secondary N) is 1. The van der Waals surface area contributed by atoms with Crippen molar-refractivity contribution in [3.05, 3.63) is 29.8 Å². The number of hydrogen-bond acceptors (Lipinski definition) is 4. The second kappa shape index (κ2) is 7.44. The van der Waals surface area contributed by atoms with Crippen LogP contribution >= 0.6 is 0 Å². The van der Waals surface area contributed by atoms with Gasteiger partial charge in [0.05, 0.1) is 7.11 Å². The number of hydrogen-bond donors (Lipinski definition) is 1. The van der Waals surface area contributed by atoms with E-state index in [1.54, 1.807) is 7.11 Å². The summed E-state index contributed by atoms with van der Waals surface area (Å²) in [6.45, 7) is 2.86. The Balaban J connectivity index is 1.56. The average molecular weight is 345 g/mol. The Morgan fingerprint density at radius 3 is 2.64 bits per heavy atom. The van der Waals surface area contributed by atoms with Gasteiger partial charge in [-0.25, -0.2) is 0 Å². The van der Waals surface area contributed by atoms with Gasteiger partial charge >= 0.3 is 0 Å². The summed E-state index contributed by atoms with van der Waals surface area (Å²) in [5.74, 6) is 1.09. The van der Waals surface area contributed by atoms with E-state index in [9.17, 15) is 9.59 Å². The molecule has 6 heteroatoms. The number of methoxy groups -OCH3 is 1. The van der Waals surface area contributed by atoms with Crippen LogP contribution in [-0.2, 0) is 16.0 Å². The maximum absolute atomic E-state index is 12.6. The van der Waals surface area contributed by atoms with Crippen LogP contribution < -0.4 is 10.1 Å². The molecule has 2 heterocycles. The van der Waals surface area contributed by atoms with Crippen LogP contribution in [0.1, 0.15) is 24.8 Å². The van der Waals surface area contributed by atoms with Gasteiger partial charge in [-0.3, -0.25) is 14.5 Å². The summed E-state index contributed by atoms with van der Waals surface area (Å²) >= 11 is 0. The van der Waals surface area contributed by atoms with E-state index >= 15 is 0 Å². The molecule has 0 atom stereocenters. The number of piperidine rings is 1. The van der Waals surface area contributed by atoms with Crippen molar-refractivity contribution in [1.82, 2.24) is 15.1 Å².